The zero-order valence-corrected chi connectivity index (χ0v) is 13.4. The van der Waals surface area contributed by atoms with E-state index >= 15 is 0 Å². The number of hydrogen-bond donors (Lipinski definition) is 2. The summed E-state index contributed by atoms with van der Waals surface area (Å²) in [5, 5.41) is 8.51. The van der Waals surface area contributed by atoms with Crippen molar-refractivity contribution in [1.82, 2.24) is 9.97 Å². The average Bonchev–Trinajstić information content (AvgIpc) is 2.55. The maximum Gasteiger partial charge on any atom is 0.224 e. The number of thioether (sulfide) groups is 1. The largest absolute Gasteiger partial charge is 0.366 e. The van der Waals surface area contributed by atoms with Crippen LogP contribution in [0.25, 0.3) is 10.9 Å². The van der Waals surface area contributed by atoms with Crippen LogP contribution in [0.15, 0.2) is 24.3 Å². The highest BCUT2D eigenvalue weighted by molar-refractivity contribution is 7.99. The normalized spacial score (nSPS) is 22.2. The van der Waals surface area contributed by atoms with Crippen molar-refractivity contribution in [3.05, 3.63) is 24.3 Å². The van der Waals surface area contributed by atoms with E-state index in [-0.39, 0.29) is 0 Å². The van der Waals surface area contributed by atoms with Crippen molar-refractivity contribution in [2.75, 3.05) is 23.9 Å². The Bertz CT molecular complexity index is 616. The van der Waals surface area contributed by atoms with Gasteiger partial charge < -0.3 is 10.6 Å². The predicted octanol–water partition coefficient (Wildman–Crippen LogP) is 3.76. The first-order valence-electron chi connectivity index (χ1n) is 7.55. The van der Waals surface area contributed by atoms with Crippen LogP contribution in [0, 0.1) is 0 Å². The second-order valence-corrected chi connectivity index (χ2v) is 6.55. The molecule has 0 bridgehead atoms. The Kier molecular flexibility index (Phi) is 4.48. The van der Waals surface area contributed by atoms with Crippen molar-refractivity contribution in [2.24, 2.45) is 0 Å². The van der Waals surface area contributed by atoms with Gasteiger partial charge in [0.2, 0.25) is 5.95 Å². The van der Waals surface area contributed by atoms with Gasteiger partial charge in [-0.25, -0.2) is 4.98 Å². The molecule has 1 aromatic heterocycles. The molecule has 2 unspecified atom stereocenters. The molecule has 1 fully saturated rings. The summed E-state index contributed by atoms with van der Waals surface area (Å²) in [5.41, 5.74) is 0.982. The van der Waals surface area contributed by atoms with Gasteiger partial charge in [-0.05, 0) is 31.2 Å². The Morgan fingerprint density at radius 3 is 2.76 bits per heavy atom. The maximum absolute atomic E-state index is 4.64. The second kappa shape index (κ2) is 6.52. The summed E-state index contributed by atoms with van der Waals surface area (Å²) in [6.07, 6.45) is 7.37. The number of rotatable bonds is 4. The van der Waals surface area contributed by atoms with Crippen LogP contribution >= 0.6 is 11.8 Å². The summed E-state index contributed by atoms with van der Waals surface area (Å²) in [7, 11) is 1.86. The van der Waals surface area contributed by atoms with Crippen molar-refractivity contribution in [1.29, 1.82) is 0 Å². The van der Waals surface area contributed by atoms with Crippen molar-refractivity contribution < 1.29 is 0 Å². The van der Waals surface area contributed by atoms with Gasteiger partial charge in [0.25, 0.3) is 0 Å². The van der Waals surface area contributed by atoms with Crippen molar-refractivity contribution >= 4 is 34.4 Å². The number of benzene rings is 1. The molecule has 2 aromatic rings. The molecule has 5 heteroatoms. The lowest BCUT2D eigenvalue weighted by molar-refractivity contribution is 0.474. The van der Waals surface area contributed by atoms with Crippen LogP contribution in [-0.4, -0.2) is 34.6 Å². The summed E-state index contributed by atoms with van der Waals surface area (Å²) in [4.78, 5) is 9.16. The quantitative estimate of drug-likeness (QED) is 0.900. The molecule has 0 spiro atoms. The van der Waals surface area contributed by atoms with Gasteiger partial charge in [-0.3, -0.25) is 0 Å². The fraction of sp³-hybridized carbons (Fsp3) is 0.500. The van der Waals surface area contributed by atoms with Gasteiger partial charge in [-0.15, -0.1) is 0 Å². The van der Waals surface area contributed by atoms with Gasteiger partial charge in [0, 0.05) is 23.7 Å². The molecule has 3 rings (SSSR count). The number of aromatic nitrogens is 2. The predicted molar refractivity (Wildman–Crippen MR) is 92.3 cm³/mol. The Balaban J connectivity index is 1.95. The molecule has 1 saturated carbocycles. The van der Waals surface area contributed by atoms with Gasteiger partial charge in [0.15, 0.2) is 0 Å². The average molecular weight is 302 g/mol. The van der Waals surface area contributed by atoms with E-state index in [2.05, 4.69) is 32.9 Å². The number of nitrogens with one attached hydrogen (secondary N) is 2. The third-order valence-corrected chi connectivity index (χ3v) is 5.32. The molecule has 1 aliphatic carbocycles. The number of hydrogen-bond acceptors (Lipinski definition) is 5. The molecule has 2 atom stereocenters. The maximum atomic E-state index is 4.64. The van der Waals surface area contributed by atoms with Crippen molar-refractivity contribution in [3.63, 3.8) is 0 Å². The van der Waals surface area contributed by atoms with E-state index in [1.165, 1.54) is 25.7 Å². The molecular formula is C16H22N4S. The Hall–Kier alpha value is -1.49. The minimum atomic E-state index is 0.497. The van der Waals surface area contributed by atoms with Crippen LogP contribution in [0.4, 0.5) is 11.8 Å². The van der Waals surface area contributed by atoms with Crippen molar-refractivity contribution in [3.8, 4) is 0 Å². The highest BCUT2D eigenvalue weighted by Gasteiger charge is 2.25. The van der Waals surface area contributed by atoms with E-state index in [0.29, 0.717) is 17.2 Å². The zero-order chi connectivity index (χ0) is 14.7. The molecule has 2 N–H and O–H groups in total. The smallest absolute Gasteiger partial charge is 0.224 e. The topological polar surface area (TPSA) is 49.8 Å². The Morgan fingerprint density at radius 2 is 1.95 bits per heavy atom. The Morgan fingerprint density at radius 1 is 1.14 bits per heavy atom. The lowest BCUT2D eigenvalue weighted by atomic mass is 9.95. The summed E-state index contributed by atoms with van der Waals surface area (Å²) in [5.74, 6) is 1.63. The molecule has 1 aliphatic rings. The van der Waals surface area contributed by atoms with Crippen LogP contribution in [0.2, 0.25) is 0 Å². The lowest BCUT2D eigenvalue weighted by Crippen LogP contribution is -2.34. The van der Waals surface area contributed by atoms with E-state index < -0.39 is 0 Å². The van der Waals surface area contributed by atoms with E-state index in [1.807, 2.05) is 37.0 Å². The van der Waals surface area contributed by atoms with Gasteiger partial charge in [-0.2, -0.15) is 16.7 Å². The van der Waals surface area contributed by atoms with E-state index in [4.69, 9.17) is 0 Å². The molecule has 1 heterocycles. The number of nitrogens with zero attached hydrogens (tertiary/aromatic N) is 2. The summed E-state index contributed by atoms with van der Waals surface area (Å²) >= 11 is 1.97. The molecule has 0 amide bonds. The first kappa shape index (κ1) is 14.4. The van der Waals surface area contributed by atoms with Crippen molar-refractivity contribution in [2.45, 2.75) is 37.0 Å². The lowest BCUT2D eigenvalue weighted by Gasteiger charge is -2.31. The monoisotopic (exact) mass is 302 g/mol. The standard InChI is InChI=1S/C16H22N4S/c1-17-16-19-12-8-4-3-7-11(12)15(20-16)18-13-9-5-6-10-14(13)21-2/h3-4,7-8,13-14H,5-6,9-10H2,1-2H3,(H2,17,18,19,20). The summed E-state index contributed by atoms with van der Waals surface area (Å²) in [6, 6.07) is 8.69. The zero-order valence-electron chi connectivity index (χ0n) is 12.6. The number of para-hydroxylation sites is 1. The summed E-state index contributed by atoms with van der Waals surface area (Å²) < 4.78 is 0. The first-order chi connectivity index (χ1) is 10.3. The second-order valence-electron chi connectivity index (χ2n) is 5.47. The molecule has 1 aromatic carbocycles. The molecule has 0 aliphatic heterocycles. The third-order valence-electron chi connectivity index (χ3n) is 4.15. The Labute approximate surface area is 130 Å². The SMILES string of the molecule is CNc1nc(NC2CCCCC2SC)c2ccccc2n1. The van der Waals surface area contributed by atoms with E-state index in [0.717, 1.165) is 16.7 Å². The van der Waals surface area contributed by atoms with Gasteiger partial charge >= 0.3 is 0 Å². The minimum absolute atomic E-state index is 0.497. The van der Waals surface area contributed by atoms with E-state index in [9.17, 15) is 0 Å². The molecule has 112 valence electrons. The van der Waals surface area contributed by atoms with Gasteiger partial charge in [0.1, 0.15) is 5.82 Å². The van der Waals surface area contributed by atoms with Crippen LogP contribution in [0.1, 0.15) is 25.7 Å². The van der Waals surface area contributed by atoms with E-state index in [1.54, 1.807) is 0 Å². The highest BCUT2D eigenvalue weighted by Crippen LogP contribution is 2.31. The third kappa shape index (κ3) is 3.07. The van der Waals surface area contributed by atoms with Crippen LogP contribution < -0.4 is 10.6 Å². The fourth-order valence-corrected chi connectivity index (χ4v) is 3.95. The molecule has 0 saturated heterocycles. The molecular weight excluding hydrogens is 280 g/mol. The number of fused-ring (bicyclic) bond motifs is 1. The molecule has 21 heavy (non-hydrogen) atoms. The van der Waals surface area contributed by atoms with Gasteiger partial charge in [-0.1, -0.05) is 25.0 Å². The van der Waals surface area contributed by atoms with Crippen LogP contribution in [-0.2, 0) is 0 Å². The first-order valence-corrected chi connectivity index (χ1v) is 8.84. The highest BCUT2D eigenvalue weighted by atomic mass is 32.2. The minimum Gasteiger partial charge on any atom is -0.366 e. The molecule has 0 radical (unpaired) electrons. The summed E-state index contributed by atoms with van der Waals surface area (Å²) in [6.45, 7) is 0. The fourth-order valence-electron chi connectivity index (χ4n) is 3.02. The number of anilines is 2. The molecule has 4 nitrogen and oxygen atoms in total. The van der Waals surface area contributed by atoms with Gasteiger partial charge in [0.05, 0.1) is 5.52 Å². The van der Waals surface area contributed by atoms with Crippen LogP contribution in [0.5, 0.6) is 0 Å². The van der Waals surface area contributed by atoms with Crippen LogP contribution in [0.3, 0.4) is 0 Å².